The van der Waals surface area contributed by atoms with Gasteiger partial charge in [0.2, 0.25) is 0 Å². The van der Waals surface area contributed by atoms with E-state index in [1.165, 1.54) is 24.4 Å². The molecule has 0 aliphatic carbocycles. The highest BCUT2D eigenvalue weighted by Gasteiger charge is 2.45. The highest BCUT2D eigenvalue weighted by Crippen LogP contribution is 2.39. The number of rotatable bonds is 8. The van der Waals surface area contributed by atoms with Gasteiger partial charge < -0.3 is 24.8 Å². The molecule has 2 aromatic heterocycles. The maximum atomic E-state index is 16.7. The zero-order chi connectivity index (χ0) is 37.7. The number of ether oxygens (including phenoxy) is 2. The zero-order valence-corrected chi connectivity index (χ0v) is 29.9. The molecule has 53 heavy (non-hydrogen) atoms. The fourth-order valence-electron chi connectivity index (χ4n) is 6.87. The number of carbonyl (C=O) groups excluding carboxylic acids is 2. The lowest BCUT2D eigenvalue weighted by Gasteiger charge is -2.42. The number of hydrogen-bond donors (Lipinski definition) is 2. The van der Waals surface area contributed by atoms with Crippen LogP contribution in [0.25, 0.3) is 32.9 Å². The van der Waals surface area contributed by atoms with E-state index in [4.69, 9.17) is 9.47 Å². The highest BCUT2D eigenvalue weighted by molar-refractivity contribution is 7.86. The Morgan fingerprint density at radius 1 is 1.00 bits per heavy atom. The lowest BCUT2D eigenvalue weighted by Crippen LogP contribution is -2.57. The lowest BCUT2D eigenvalue weighted by molar-refractivity contribution is 0.0122. The molecule has 2 saturated heterocycles. The SMILES string of the molecule is CC(C)(C)OC(=O)N1[C@@H]2CC[C@H]1CN(c1nc(OCCNC(=O)c3ccc(S(=O)(=O)F)cc3)nc3c(F)c(-c4cc(O)cc5ccccc45)ncc13)C2. The normalized spacial score (nSPS) is 17.3. The van der Waals surface area contributed by atoms with Crippen LogP contribution in [0, 0.1) is 5.82 Å². The molecule has 7 rings (SSSR count). The molecule has 13 nitrogen and oxygen atoms in total. The largest absolute Gasteiger partial charge is 0.508 e. The molecule has 2 N–H and O–H groups in total. The van der Waals surface area contributed by atoms with Crippen LogP contribution in [0.1, 0.15) is 44.0 Å². The summed E-state index contributed by atoms with van der Waals surface area (Å²) in [7, 11) is -4.91. The van der Waals surface area contributed by atoms with Crippen LogP contribution in [-0.4, -0.2) is 89.3 Å². The van der Waals surface area contributed by atoms with E-state index in [9.17, 15) is 27.0 Å². The van der Waals surface area contributed by atoms with E-state index in [1.54, 1.807) is 23.1 Å². The minimum absolute atomic E-state index is 0.0310. The van der Waals surface area contributed by atoms with Gasteiger partial charge in [0.25, 0.3) is 5.91 Å². The summed E-state index contributed by atoms with van der Waals surface area (Å²) in [5.74, 6) is -1.02. The maximum absolute atomic E-state index is 16.7. The third-order valence-electron chi connectivity index (χ3n) is 9.15. The topological polar surface area (TPSA) is 164 Å². The summed E-state index contributed by atoms with van der Waals surface area (Å²) in [6, 6.07) is 14.1. The molecule has 2 fully saturated rings. The molecule has 0 unspecified atom stereocenters. The summed E-state index contributed by atoms with van der Waals surface area (Å²) < 4.78 is 63.7. The maximum Gasteiger partial charge on any atom is 0.410 e. The average Bonchev–Trinajstić information content (AvgIpc) is 3.38. The van der Waals surface area contributed by atoms with Gasteiger partial charge in [-0.05, 0) is 80.8 Å². The number of aromatic nitrogens is 3. The van der Waals surface area contributed by atoms with E-state index in [-0.39, 0.29) is 59.9 Å². The van der Waals surface area contributed by atoms with Crippen molar-refractivity contribution in [3.05, 3.63) is 78.2 Å². The van der Waals surface area contributed by atoms with Crippen molar-refractivity contribution in [3.63, 3.8) is 0 Å². The van der Waals surface area contributed by atoms with Crippen molar-refractivity contribution in [1.29, 1.82) is 0 Å². The van der Waals surface area contributed by atoms with Gasteiger partial charge in [-0.1, -0.05) is 24.3 Å². The fraction of sp³-hybridized carbons (Fsp3) is 0.324. The van der Waals surface area contributed by atoms with Gasteiger partial charge in [-0.25, -0.2) is 9.18 Å². The number of phenolic OH excluding ortho intramolecular Hbond substituents is 1. The number of hydrogen-bond acceptors (Lipinski definition) is 11. The third kappa shape index (κ3) is 7.36. The molecule has 0 saturated carbocycles. The quantitative estimate of drug-likeness (QED) is 0.147. The standard InChI is InChI=1S/C37H36F2N6O7S/c1-37(2,3)52-36(48)45-23-10-11-24(45)20-44(19-23)33-29-18-41-31(28-17-25(46)16-22-6-4-5-7-27(22)28)30(38)32(29)42-35(43-33)51-15-14-40-34(47)21-8-12-26(13-9-21)53(39,49)50/h4-9,12-13,16-18,23-24,46H,10-11,14-15,19-20H2,1-3H3,(H,40,47)/t23-,24+. The van der Waals surface area contributed by atoms with Crippen LogP contribution < -0.4 is 15.0 Å². The molecule has 2 bridgehead atoms. The van der Waals surface area contributed by atoms with Gasteiger partial charge in [0.15, 0.2) is 5.82 Å². The molecule has 2 amide bonds. The molecule has 5 aromatic rings. The molecule has 0 spiro atoms. The average molecular weight is 747 g/mol. The lowest BCUT2D eigenvalue weighted by atomic mass is 10.00. The van der Waals surface area contributed by atoms with E-state index in [1.807, 2.05) is 37.8 Å². The van der Waals surface area contributed by atoms with Gasteiger partial charge in [0, 0.05) is 30.4 Å². The third-order valence-corrected chi connectivity index (χ3v) is 9.98. The van der Waals surface area contributed by atoms with Gasteiger partial charge in [0.1, 0.15) is 35.0 Å². The van der Waals surface area contributed by atoms with E-state index in [0.717, 1.165) is 25.0 Å². The minimum Gasteiger partial charge on any atom is -0.508 e. The number of anilines is 1. The first-order valence-electron chi connectivity index (χ1n) is 17.0. The first-order valence-corrected chi connectivity index (χ1v) is 18.3. The second-order valence-electron chi connectivity index (χ2n) is 14.0. The van der Waals surface area contributed by atoms with E-state index < -0.39 is 32.4 Å². The van der Waals surface area contributed by atoms with Crippen molar-refractivity contribution < 1.29 is 40.9 Å². The van der Waals surface area contributed by atoms with Gasteiger partial charge >= 0.3 is 22.3 Å². The highest BCUT2D eigenvalue weighted by atomic mass is 32.3. The Morgan fingerprint density at radius 2 is 1.70 bits per heavy atom. The van der Waals surface area contributed by atoms with Crippen LogP contribution in [0.5, 0.6) is 11.8 Å². The summed E-state index contributed by atoms with van der Waals surface area (Å²) in [5, 5.41) is 14.8. The van der Waals surface area contributed by atoms with Crippen LogP contribution >= 0.6 is 0 Å². The molecule has 16 heteroatoms. The zero-order valence-electron chi connectivity index (χ0n) is 29.0. The molecule has 2 atom stereocenters. The molecule has 276 valence electrons. The van der Waals surface area contributed by atoms with Gasteiger partial charge in [-0.2, -0.15) is 18.4 Å². The van der Waals surface area contributed by atoms with Crippen LogP contribution in [0.4, 0.5) is 18.9 Å². The van der Waals surface area contributed by atoms with E-state index >= 15 is 4.39 Å². The number of amides is 2. The Labute approximate surface area is 303 Å². The number of fused-ring (bicyclic) bond motifs is 4. The summed E-state index contributed by atoms with van der Waals surface area (Å²) in [5.41, 5.74) is -0.298. The van der Waals surface area contributed by atoms with Crippen molar-refractivity contribution in [2.24, 2.45) is 0 Å². The van der Waals surface area contributed by atoms with Gasteiger partial charge in [-0.15, -0.1) is 3.89 Å². The molecule has 0 radical (unpaired) electrons. The Kier molecular flexibility index (Phi) is 9.26. The number of phenols is 1. The number of nitrogens with one attached hydrogen (secondary N) is 1. The van der Waals surface area contributed by atoms with E-state index in [0.29, 0.717) is 40.6 Å². The summed E-state index contributed by atoms with van der Waals surface area (Å²) >= 11 is 0. The van der Waals surface area contributed by atoms with Gasteiger partial charge in [0.05, 0.1) is 28.9 Å². The number of halogens is 2. The van der Waals surface area contributed by atoms with Crippen molar-refractivity contribution in [3.8, 4) is 23.0 Å². The van der Waals surface area contributed by atoms with Crippen LogP contribution in [0.15, 0.2) is 71.8 Å². The second kappa shape index (κ2) is 13.7. The number of benzene rings is 3. The van der Waals surface area contributed by atoms with Crippen LogP contribution in [0.2, 0.25) is 0 Å². The van der Waals surface area contributed by atoms with Crippen molar-refractivity contribution in [1.82, 2.24) is 25.2 Å². The number of aromatic hydroxyl groups is 1. The Balaban J connectivity index is 1.19. The Morgan fingerprint density at radius 3 is 2.38 bits per heavy atom. The van der Waals surface area contributed by atoms with E-state index in [2.05, 4.69) is 20.3 Å². The number of pyridine rings is 1. The van der Waals surface area contributed by atoms with Crippen molar-refractivity contribution >= 4 is 49.7 Å². The van der Waals surface area contributed by atoms with Crippen LogP contribution in [0.3, 0.4) is 0 Å². The predicted octanol–water partition coefficient (Wildman–Crippen LogP) is 5.74. The monoisotopic (exact) mass is 746 g/mol. The van der Waals surface area contributed by atoms with Gasteiger partial charge in [-0.3, -0.25) is 14.7 Å². The summed E-state index contributed by atoms with van der Waals surface area (Å²) in [6.45, 7) is 6.08. The Hall–Kier alpha value is -5.64. The molecule has 2 aliphatic heterocycles. The first-order chi connectivity index (χ1) is 25.2. The molecule has 3 aromatic carbocycles. The van der Waals surface area contributed by atoms with Crippen LogP contribution in [-0.2, 0) is 15.0 Å². The van der Waals surface area contributed by atoms with Crippen molar-refractivity contribution in [2.75, 3.05) is 31.1 Å². The first kappa shape index (κ1) is 35.7. The predicted molar refractivity (Wildman–Crippen MR) is 192 cm³/mol. The number of carbonyl (C=O) groups is 2. The Bertz CT molecular complexity index is 2340. The smallest absolute Gasteiger partial charge is 0.410 e. The molecule has 4 heterocycles. The fourth-order valence-corrected chi connectivity index (χ4v) is 7.33. The molecule has 2 aliphatic rings. The number of nitrogens with zero attached hydrogens (tertiary/aromatic N) is 5. The minimum atomic E-state index is -4.91. The molecular formula is C37H36F2N6O7S. The second-order valence-corrected chi connectivity index (χ2v) is 15.3. The number of piperazine rings is 1. The van der Waals surface area contributed by atoms with Crippen molar-refractivity contribution in [2.45, 2.75) is 56.2 Å². The summed E-state index contributed by atoms with van der Waals surface area (Å²) in [4.78, 5) is 42.6. The molecular weight excluding hydrogens is 711 g/mol. The summed E-state index contributed by atoms with van der Waals surface area (Å²) in [6.07, 6.45) is 2.61.